The smallest absolute Gasteiger partial charge is 0.0132 e. The lowest BCUT2D eigenvalue weighted by atomic mass is 9.77. The van der Waals surface area contributed by atoms with E-state index in [9.17, 15) is 0 Å². The lowest BCUT2D eigenvalue weighted by Crippen LogP contribution is -2.27. The van der Waals surface area contributed by atoms with Crippen molar-refractivity contribution in [1.29, 1.82) is 0 Å². The van der Waals surface area contributed by atoms with Crippen LogP contribution in [-0.4, -0.2) is 13.1 Å². The van der Waals surface area contributed by atoms with E-state index in [0.717, 1.165) is 24.3 Å². The van der Waals surface area contributed by atoms with Gasteiger partial charge in [-0.2, -0.15) is 0 Å². The average molecular weight is 195 g/mol. The second-order valence-electron chi connectivity index (χ2n) is 4.97. The molecule has 1 aliphatic rings. The minimum Gasteiger partial charge on any atom is -0.313 e. The SMILES string of the molecule is C=CCNCC1CCC(C(C)C)CC1. The molecule has 0 aromatic heterocycles. The van der Waals surface area contributed by atoms with Crippen LogP contribution >= 0.6 is 0 Å². The summed E-state index contributed by atoms with van der Waals surface area (Å²) in [6, 6.07) is 0. The second-order valence-corrected chi connectivity index (χ2v) is 4.97. The van der Waals surface area contributed by atoms with E-state index in [1.165, 1.54) is 32.2 Å². The van der Waals surface area contributed by atoms with Crippen molar-refractivity contribution in [3.8, 4) is 0 Å². The predicted octanol–water partition coefficient (Wildman–Crippen LogP) is 3.22. The highest BCUT2D eigenvalue weighted by Gasteiger charge is 2.22. The van der Waals surface area contributed by atoms with Crippen LogP contribution in [0.15, 0.2) is 12.7 Å². The van der Waals surface area contributed by atoms with E-state index in [2.05, 4.69) is 25.7 Å². The predicted molar refractivity (Wildman–Crippen MR) is 63.4 cm³/mol. The van der Waals surface area contributed by atoms with Crippen LogP contribution in [0.25, 0.3) is 0 Å². The first-order chi connectivity index (χ1) is 6.74. The molecular formula is C13H25N. The van der Waals surface area contributed by atoms with Crippen molar-refractivity contribution in [1.82, 2.24) is 5.32 Å². The highest BCUT2D eigenvalue weighted by Crippen LogP contribution is 2.32. The Bertz CT molecular complexity index is 155. The Morgan fingerprint density at radius 1 is 1.29 bits per heavy atom. The van der Waals surface area contributed by atoms with E-state index in [1.54, 1.807) is 0 Å². The van der Waals surface area contributed by atoms with Gasteiger partial charge in [-0.3, -0.25) is 0 Å². The van der Waals surface area contributed by atoms with E-state index >= 15 is 0 Å². The molecule has 1 nitrogen and oxygen atoms in total. The summed E-state index contributed by atoms with van der Waals surface area (Å²) in [7, 11) is 0. The van der Waals surface area contributed by atoms with Gasteiger partial charge in [-0.05, 0) is 50.0 Å². The summed E-state index contributed by atoms with van der Waals surface area (Å²) in [5, 5.41) is 3.43. The zero-order chi connectivity index (χ0) is 10.4. The van der Waals surface area contributed by atoms with E-state index < -0.39 is 0 Å². The zero-order valence-electron chi connectivity index (χ0n) is 9.76. The molecule has 1 rings (SSSR count). The quantitative estimate of drug-likeness (QED) is 0.524. The fourth-order valence-electron chi connectivity index (χ4n) is 2.45. The molecular weight excluding hydrogens is 170 g/mol. The molecule has 14 heavy (non-hydrogen) atoms. The topological polar surface area (TPSA) is 12.0 Å². The molecule has 0 saturated heterocycles. The van der Waals surface area contributed by atoms with Crippen molar-refractivity contribution < 1.29 is 0 Å². The van der Waals surface area contributed by atoms with Gasteiger partial charge in [0.2, 0.25) is 0 Å². The van der Waals surface area contributed by atoms with E-state index in [0.29, 0.717) is 0 Å². The molecule has 1 saturated carbocycles. The van der Waals surface area contributed by atoms with Crippen molar-refractivity contribution in [2.75, 3.05) is 13.1 Å². The van der Waals surface area contributed by atoms with Gasteiger partial charge in [-0.15, -0.1) is 6.58 Å². The maximum Gasteiger partial charge on any atom is 0.0132 e. The first kappa shape index (κ1) is 11.8. The summed E-state index contributed by atoms with van der Waals surface area (Å²) in [5.41, 5.74) is 0. The van der Waals surface area contributed by atoms with Crippen LogP contribution in [-0.2, 0) is 0 Å². The molecule has 82 valence electrons. The summed E-state index contributed by atoms with van der Waals surface area (Å²) in [6.07, 6.45) is 7.68. The van der Waals surface area contributed by atoms with Crippen LogP contribution in [0.3, 0.4) is 0 Å². The maximum atomic E-state index is 3.72. The Hall–Kier alpha value is -0.300. The third kappa shape index (κ3) is 3.83. The molecule has 1 fully saturated rings. The van der Waals surface area contributed by atoms with Crippen LogP contribution in [0.4, 0.5) is 0 Å². The Balaban J connectivity index is 2.12. The summed E-state index contributed by atoms with van der Waals surface area (Å²) < 4.78 is 0. The Morgan fingerprint density at radius 2 is 1.93 bits per heavy atom. The molecule has 0 heterocycles. The van der Waals surface area contributed by atoms with Gasteiger partial charge in [0.05, 0.1) is 0 Å². The molecule has 0 unspecified atom stereocenters. The average Bonchev–Trinajstić information content (AvgIpc) is 2.19. The minimum absolute atomic E-state index is 0.886. The summed E-state index contributed by atoms with van der Waals surface area (Å²) in [4.78, 5) is 0. The molecule has 0 spiro atoms. The fraction of sp³-hybridized carbons (Fsp3) is 0.846. The number of rotatable bonds is 5. The van der Waals surface area contributed by atoms with Gasteiger partial charge in [-0.25, -0.2) is 0 Å². The molecule has 0 amide bonds. The molecule has 0 radical (unpaired) electrons. The highest BCUT2D eigenvalue weighted by molar-refractivity contribution is 4.77. The standard InChI is InChI=1S/C13H25N/c1-4-9-14-10-12-5-7-13(8-6-12)11(2)3/h4,11-14H,1,5-10H2,2-3H3. The van der Waals surface area contributed by atoms with Gasteiger partial charge >= 0.3 is 0 Å². The first-order valence-electron chi connectivity index (χ1n) is 6.05. The van der Waals surface area contributed by atoms with Crippen LogP contribution in [0.2, 0.25) is 0 Å². The van der Waals surface area contributed by atoms with E-state index in [4.69, 9.17) is 0 Å². The Kier molecular flexibility index (Phi) is 5.24. The summed E-state index contributed by atoms with van der Waals surface area (Å²) >= 11 is 0. The molecule has 0 aromatic rings. The lowest BCUT2D eigenvalue weighted by Gasteiger charge is -2.30. The van der Waals surface area contributed by atoms with Crippen molar-refractivity contribution >= 4 is 0 Å². The lowest BCUT2D eigenvalue weighted by molar-refractivity contribution is 0.221. The zero-order valence-corrected chi connectivity index (χ0v) is 9.76. The summed E-state index contributed by atoms with van der Waals surface area (Å²) in [6.45, 7) is 10.6. The van der Waals surface area contributed by atoms with Gasteiger partial charge in [0.15, 0.2) is 0 Å². The van der Waals surface area contributed by atoms with Crippen LogP contribution in [0.5, 0.6) is 0 Å². The Labute approximate surface area is 89.0 Å². The van der Waals surface area contributed by atoms with Gasteiger partial charge < -0.3 is 5.32 Å². The van der Waals surface area contributed by atoms with Crippen molar-refractivity contribution in [3.63, 3.8) is 0 Å². The van der Waals surface area contributed by atoms with Gasteiger partial charge in [-0.1, -0.05) is 19.9 Å². The number of hydrogen-bond acceptors (Lipinski definition) is 1. The van der Waals surface area contributed by atoms with E-state index in [1.807, 2.05) is 6.08 Å². The molecule has 0 aliphatic heterocycles. The third-order valence-electron chi connectivity index (χ3n) is 3.56. The van der Waals surface area contributed by atoms with Crippen molar-refractivity contribution in [2.45, 2.75) is 39.5 Å². The largest absolute Gasteiger partial charge is 0.313 e. The maximum absolute atomic E-state index is 3.72. The molecule has 0 bridgehead atoms. The van der Waals surface area contributed by atoms with Crippen molar-refractivity contribution in [3.05, 3.63) is 12.7 Å². The van der Waals surface area contributed by atoms with Gasteiger partial charge in [0.25, 0.3) is 0 Å². The molecule has 0 aromatic carbocycles. The van der Waals surface area contributed by atoms with Gasteiger partial charge in [0.1, 0.15) is 0 Å². The Morgan fingerprint density at radius 3 is 2.43 bits per heavy atom. The first-order valence-corrected chi connectivity index (χ1v) is 6.05. The summed E-state index contributed by atoms with van der Waals surface area (Å²) in [5.74, 6) is 2.80. The van der Waals surface area contributed by atoms with Crippen LogP contribution < -0.4 is 5.32 Å². The fourth-order valence-corrected chi connectivity index (χ4v) is 2.45. The highest BCUT2D eigenvalue weighted by atomic mass is 14.8. The molecule has 1 heteroatoms. The monoisotopic (exact) mass is 195 g/mol. The normalized spacial score (nSPS) is 27.9. The minimum atomic E-state index is 0.886. The molecule has 0 atom stereocenters. The third-order valence-corrected chi connectivity index (χ3v) is 3.56. The molecule has 1 N–H and O–H groups in total. The number of nitrogens with one attached hydrogen (secondary N) is 1. The van der Waals surface area contributed by atoms with Crippen LogP contribution in [0.1, 0.15) is 39.5 Å². The van der Waals surface area contributed by atoms with Crippen molar-refractivity contribution in [2.24, 2.45) is 17.8 Å². The number of hydrogen-bond donors (Lipinski definition) is 1. The van der Waals surface area contributed by atoms with Crippen LogP contribution in [0, 0.1) is 17.8 Å². The molecule has 1 aliphatic carbocycles. The van der Waals surface area contributed by atoms with E-state index in [-0.39, 0.29) is 0 Å². The van der Waals surface area contributed by atoms with Gasteiger partial charge in [0, 0.05) is 6.54 Å². The second kappa shape index (κ2) is 6.23.